The SMILES string of the molecule is CCCCCCCCCCCCCCCCCCOC(=O)CCC(=O)OCCCC. The van der Waals surface area contributed by atoms with Crippen molar-refractivity contribution in [3.63, 3.8) is 0 Å². The molecule has 0 saturated carbocycles. The molecule has 0 spiro atoms. The first-order valence-corrected chi connectivity index (χ1v) is 13.0. The van der Waals surface area contributed by atoms with E-state index < -0.39 is 0 Å². The van der Waals surface area contributed by atoms with Crippen LogP contribution in [-0.4, -0.2) is 25.2 Å². The van der Waals surface area contributed by atoms with Gasteiger partial charge in [0.05, 0.1) is 26.1 Å². The smallest absolute Gasteiger partial charge is 0.306 e. The van der Waals surface area contributed by atoms with Crippen LogP contribution in [0.15, 0.2) is 0 Å². The van der Waals surface area contributed by atoms with E-state index in [0.29, 0.717) is 13.2 Å². The van der Waals surface area contributed by atoms with Gasteiger partial charge in [-0.05, 0) is 12.8 Å². The highest BCUT2D eigenvalue weighted by Crippen LogP contribution is 2.13. The molecule has 0 rings (SSSR count). The van der Waals surface area contributed by atoms with Gasteiger partial charge in [0.2, 0.25) is 0 Å². The van der Waals surface area contributed by atoms with Crippen LogP contribution >= 0.6 is 0 Å². The molecular formula is C26H50O4. The van der Waals surface area contributed by atoms with E-state index in [2.05, 4.69) is 6.92 Å². The number of ether oxygens (including phenoxy) is 2. The second kappa shape index (κ2) is 24.2. The van der Waals surface area contributed by atoms with Crippen molar-refractivity contribution in [1.82, 2.24) is 0 Å². The maximum absolute atomic E-state index is 11.6. The maximum atomic E-state index is 11.6. The Balaban J connectivity index is 3.20. The normalized spacial score (nSPS) is 10.9. The van der Waals surface area contributed by atoms with Crippen molar-refractivity contribution in [2.24, 2.45) is 0 Å². The Labute approximate surface area is 186 Å². The molecule has 0 aliphatic rings. The molecule has 0 bridgehead atoms. The summed E-state index contributed by atoms with van der Waals surface area (Å²) in [6.45, 7) is 5.24. The van der Waals surface area contributed by atoms with E-state index in [9.17, 15) is 9.59 Å². The summed E-state index contributed by atoms with van der Waals surface area (Å²) in [4.78, 5) is 23.0. The van der Waals surface area contributed by atoms with Gasteiger partial charge >= 0.3 is 11.9 Å². The second-order valence-corrected chi connectivity index (χ2v) is 8.60. The lowest BCUT2D eigenvalue weighted by atomic mass is 10.0. The van der Waals surface area contributed by atoms with Gasteiger partial charge in [0.1, 0.15) is 0 Å². The molecule has 30 heavy (non-hydrogen) atoms. The molecule has 0 saturated heterocycles. The predicted molar refractivity (Wildman–Crippen MR) is 126 cm³/mol. The monoisotopic (exact) mass is 426 g/mol. The molecule has 0 unspecified atom stereocenters. The van der Waals surface area contributed by atoms with Crippen molar-refractivity contribution >= 4 is 11.9 Å². The van der Waals surface area contributed by atoms with Gasteiger partial charge in [-0.2, -0.15) is 0 Å². The Bertz CT molecular complexity index is 381. The van der Waals surface area contributed by atoms with Gasteiger partial charge in [0, 0.05) is 0 Å². The van der Waals surface area contributed by atoms with E-state index in [1.165, 1.54) is 89.9 Å². The second-order valence-electron chi connectivity index (χ2n) is 8.60. The molecule has 0 aromatic rings. The van der Waals surface area contributed by atoms with Crippen LogP contribution in [0.4, 0.5) is 0 Å². The van der Waals surface area contributed by atoms with Crippen molar-refractivity contribution < 1.29 is 19.1 Å². The number of rotatable bonds is 23. The first-order chi connectivity index (χ1) is 14.7. The minimum atomic E-state index is -0.303. The Morgan fingerprint density at radius 1 is 0.433 bits per heavy atom. The maximum Gasteiger partial charge on any atom is 0.306 e. The fourth-order valence-electron chi connectivity index (χ4n) is 3.51. The molecule has 4 heteroatoms. The van der Waals surface area contributed by atoms with Gasteiger partial charge in [0.15, 0.2) is 0 Å². The molecule has 0 heterocycles. The zero-order valence-corrected chi connectivity index (χ0v) is 20.2. The van der Waals surface area contributed by atoms with Crippen LogP contribution in [0.25, 0.3) is 0 Å². The van der Waals surface area contributed by atoms with Gasteiger partial charge in [-0.1, -0.05) is 117 Å². The molecule has 0 aliphatic heterocycles. The lowest BCUT2D eigenvalue weighted by Crippen LogP contribution is -2.11. The topological polar surface area (TPSA) is 52.6 Å². The van der Waals surface area contributed by atoms with Crippen molar-refractivity contribution in [2.45, 2.75) is 142 Å². The third-order valence-corrected chi connectivity index (χ3v) is 5.56. The van der Waals surface area contributed by atoms with Crippen LogP contribution in [-0.2, 0) is 19.1 Å². The summed E-state index contributed by atoms with van der Waals surface area (Å²) in [7, 11) is 0. The van der Waals surface area contributed by atoms with Crippen LogP contribution in [0.1, 0.15) is 142 Å². The lowest BCUT2D eigenvalue weighted by molar-refractivity contribution is -0.150. The summed E-state index contributed by atoms with van der Waals surface area (Å²) < 4.78 is 10.2. The molecule has 0 N–H and O–H groups in total. The first-order valence-electron chi connectivity index (χ1n) is 13.0. The number of carbonyl (C=O) groups is 2. The van der Waals surface area contributed by atoms with Crippen molar-refractivity contribution in [3.8, 4) is 0 Å². The molecule has 178 valence electrons. The quantitative estimate of drug-likeness (QED) is 0.123. The number of esters is 2. The summed E-state index contributed by atoms with van der Waals surface area (Å²) in [6.07, 6.45) is 23.4. The molecule has 0 fully saturated rings. The molecule has 0 radical (unpaired) electrons. The highest BCUT2D eigenvalue weighted by molar-refractivity contribution is 5.77. The zero-order valence-electron chi connectivity index (χ0n) is 20.2. The van der Waals surface area contributed by atoms with E-state index in [1.807, 2.05) is 6.92 Å². The molecule has 0 amide bonds. The summed E-state index contributed by atoms with van der Waals surface area (Å²) in [6, 6.07) is 0. The fourth-order valence-corrected chi connectivity index (χ4v) is 3.51. The third-order valence-electron chi connectivity index (χ3n) is 5.56. The first kappa shape index (κ1) is 28.9. The lowest BCUT2D eigenvalue weighted by Gasteiger charge is -2.06. The van der Waals surface area contributed by atoms with Crippen molar-refractivity contribution in [1.29, 1.82) is 0 Å². The summed E-state index contributed by atoms with van der Waals surface area (Å²) in [5.41, 5.74) is 0. The number of carbonyl (C=O) groups excluding carboxylic acids is 2. The third kappa shape index (κ3) is 23.2. The standard InChI is InChI=1S/C26H50O4/c1-3-5-7-8-9-10-11-12-13-14-15-16-17-18-19-20-24-30-26(28)22-21-25(27)29-23-6-4-2/h3-24H2,1-2H3. The molecule has 4 nitrogen and oxygen atoms in total. The average molecular weight is 427 g/mol. The van der Waals surface area contributed by atoms with E-state index in [1.54, 1.807) is 0 Å². The van der Waals surface area contributed by atoms with E-state index >= 15 is 0 Å². The van der Waals surface area contributed by atoms with Gasteiger partial charge in [0.25, 0.3) is 0 Å². The van der Waals surface area contributed by atoms with Crippen LogP contribution in [0.3, 0.4) is 0 Å². The van der Waals surface area contributed by atoms with Crippen LogP contribution in [0, 0.1) is 0 Å². The summed E-state index contributed by atoms with van der Waals surface area (Å²) in [5.74, 6) is -0.591. The Morgan fingerprint density at radius 2 is 0.733 bits per heavy atom. The number of unbranched alkanes of at least 4 members (excludes halogenated alkanes) is 16. The van der Waals surface area contributed by atoms with Crippen LogP contribution in [0.5, 0.6) is 0 Å². The molecule has 0 atom stereocenters. The molecule has 0 aromatic carbocycles. The highest BCUT2D eigenvalue weighted by Gasteiger charge is 2.08. The van der Waals surface area contributed by atoms with Gasteiger partial charge in [-0.25, -0.2) is 0 Å². The van der Waals surface area contributed by atoms with Crippen molar-refractivity contribution in [2.75, 3.05) is 13.2 Å². The fraction of sp³-hybridized carbons (Fsp3) is 0.923. The van der Waals surface area contributed by atoms with Gasteiger partial charge in [-0.3, -0.25) is 9.59 Å². The minimum absolute atomic E-state index is 0.126. The van der Waals surface area contributed by atoms with E-state index in [4.69, 9.17) is 9.47 Å². The average Bonchev–Trinajstić information content (AvgIpc) is 2.74. The van der Waals surface area contributed by atoms with E-state index in [-0.39, 0.29) is 24.8 Å². The van der Waals surface area contributed by atoms with Crippen LogP contribution < -0.4 is 0 Å². The molecule has 0 aromatic heterocycles. The van der Waals surface area contributed by atoms with Gasteiger partial charge < -0.3 is 9.47 Å². The predicted octanol–water partition coefficient (Wildman–Crippen LogP) is 7.91. The zero-order chi connectivity index (χ0) is 22.1. The Kier molecular flexibility index (Phi) is 23.4. The summed E-state index contributed by atoms with van der Waals surface area (Å²) in [5, 5.41) is 0. The Hall–Kier alpha value is -1.06. The number of hydrogen-bond donors (Lipinski definition) is 0. The largest absolute Gasteiger partial charge is 0.466 e. The highest BCUT2D eigenvalue weighted by atomic mass is 16.5. The molecule has 0 aliphatic carbocycles. The summed E-state index contributed by atoms with van der Waals surface area (Å²) >= 11 is 0. The van der Waals surface area contributed by atoms with Gasteiger partial charge in [-0.15, -0.1) is 0 Å². The van der Waals surface area contributed by atoms with Crippen molar-refractivity contribution in [3.05, 3.63) is 0 Å². The van der Waals surface area contributed by atoms with Crippen LogP contribution in [0.2, 0.25) is 0 Å². The Morgan fingerprint density at radius 3 is 1.10 bits per heavy atom. The molecular weight excluding hydrogens is 376 g/mol. The minimum Gasteiger partial charge on any atom is -0.466 e. The van der Waals surface area contributed by atoms with E-state index in [0.717, 1.165) is 25.7 Å². The number of hydrogen-bond acceptors (Lipinski definition) is 4.